The van der Waals surface area contributed by atoms with E-state index in [0.717, 1.165) is 21.1 Å². The monoisotopic (exact) mass is 357 g/mol. The molecule has 0 radical (unpaired) electrons. The molecule has 1 aromatic carbocycles. The molecule has 7 heteroatoms. The Bertz CT molecular complexity index is 845. The summed E-state index contributed by atoms with van der Waals surface area (Å²) in [6.45, 7) is 9.68. The lowest BCUT2D eigenvalue weighted by Crippen LogP contribution is -2.13. The number of nitrogens with two attached hydrogens (primary N) is 1. The lowest BCUT2D eigenvalue weighted by molar-refractivity contribution is 0.582. The molecule has 0 amide bonds. The molecule has 0 saturated carbocycles. The minimum absolute atomic E-state index is 0.138. The van der Waals surface area contributed by atoms with E-state index in [0.29, 0.717) is 25.0 Å². The van der Waals surface area contributed by atoms with Gasteiger partial charge in [0.05, 0.1) is 5.69 Å². The van der Waals surface area contributed by atoms with E-state index < -0.39 is 0 Å². The van der Waals surface area contributed by atoms with Gasteiger partial charge in [-0.15, -0.1) is 16.4 Å². The molecule has 6 nitrogen and oxygen atoms in total. The number of benzene rings is 1. The molecule has 0 aliphatic heterocycles. The molecule has 3 rings (SSSR count). The third-order valence-corrected chi connectivity index (χ3v) is 5.03. The van der Waals surface area contributed by atoms with Crippen LogP contribution in [-0.2, 0) is 5.41 Å². The van der Waals surface area contributed by atoms with Crippen molar-refractivity contribution >= 4 is 17.4 Å². The quantitative estimate of drug-likeness (QED) is 0.721. The molecule has 0 fully saturated rings. The van der Waals surface area contributed by atoms with Gasteiger partial charge < -0.3 is 15.5 Å². The Morgan fingerprint density at radius 3 is 2.52 bits per heavy atom. The maximum atomic E-state index is 5.65. The fraction of sp³-hybridized carbons (Fsp3) is 0.389. The second kappa shape index (κ2) is 6.93. The van der Waals surface area contributed by atoms with E-state index in [1.807, 2.05) is 6.92 Å². The third kappa shape index (κ3) is 3.88. The first-order valence-corrected chi connectivity index (χ1v) is 9.06. The SMILES string of the molecule is Cc1nc(-c2ccc(C(C)(C)C)cc2)sc1-c1nnc(NCCN)o1. The summed E-state index contributed by atoms with van der Waals surface area (Å²) in [5.74, 6) is 0.479. The predicted octanol–water partition coefficient (Wildman–Crippen LogP) is 3.84. The Morgan fingerprint density at radius 2 is 1.88 bits per heavy atom. The molecular formula is C18H23N5OS. The zero-order valence-corrected chi connectivity index (χ0v) is 15.8. The standard InChI is InChI=1S/C18H23N5OS/c1-11-14(15-22-23-17(24-15)20-10-9-19)25-16(21-11)12-5-7-13(8-6-12)18(2,3)4/h5-8H,9-10,19H2,1-4H3,(H,20,23). The van der Waals surface area contributed by atoms with Gasteiger partial charge in [-0.2, -0.15) is 0 Å². The smallest absolute Gasteiger partial charge is 0.315 e. The molecule has 25 heavy (non-hydrogen) atoms. The molecule has 0 atom stereocenters. The molecule has 0 unspecified atom stereocenters. The van der Waals surface area contributed by atoms with Crippen molar-refractivity contribution in [2.75, 3.05) is 18.4 Å². The number of hydrogen-bond donors (Lipinski definition) is 2. The van der Waals surface area contributed by atoms with Gasteiger partial charge in [-0.1, -0.05) is 50.1 Å². The molecule has 0 saturated heterocycles. The van der Waals surface area contributed by atoms with Gasteiger partial charge in [0.15, 0.2) is 0 Å². The summed E-state index contributed by atoms with van der Waals surface area (Å²) >= 11 is 1.56. The molecule has 3 aromatic rings. The zero-order valence-electron chi connectivity index (χ0n) is 15.0. The van der Waals surface area contributed by atoms with Crippen molar-refractivity contribution in [1.29, 1.82) is 0 Å². The summed E-state index contributed by atoms with van der Waals surface area (Å²) in [6.07, 6.45) is 0. The molecule has 0 spiro atoms. The zero-order chi connectivity index (χ0) is 18.0. The lowest BCUT2D eigenvalue weighted by atomic mass is 9.87. The van der Waals surface area contributed by atoms with Gasteiger partial charge in [0, 0.05) is 18.7 Å². The Morgan fingerprint density at radius 1 is 1.16 bits per heavy atom. The van der Waals surface area contributed by atoms with E-state index in [-0.39, 0.29) is 5.41 Å². The summed E-state index contributed by atoms with van der Waals surface area (Å²) in [6, 6.07) is 8.93. The van der Waals surface area contributed by atoms with Gasteiger partial charge in [-0.05, 0) is 17.9 Å². The number of nitrogens with zero attached hydrogens (tertiary/aromatic N) is 3. The fourth-order valence-electron chi connectivity index (χ4n) is 2.40. The summed E-state index contributed by atoms with van der Waals surface area (Å²) in [5.41, 5.74) is 8.88. The van der Waals surface area contributed by atoms with Gasteiger partial charge in [0.2, 0.25) is 0 Å². The van der Waals surface area contributed by atoms with Crippen molar-refractivity contribution in [2.24, 2.45) is 5.73 Å². The van der Waals surface area contributed by atoms with Gasteiger partial charge in [-0.3, -0.25) is 0 Å². The first-order valence-electron chi connectivity index (χ1n) is 8.24. The average Bonchev–Trinajstić information content (AvgIpc) is 3.18. The summed E-state index contributed by atoms with van der Waals surface area (Å²) in [5, 5.41) is 12.0. The molecule has 2 aromatic heterocycles. The van der Waals surface area contributed by atoms with Crippen molar-refractivity contribution in [3.8, 4) is 21.3 Å². The second-order valence-electron chi connectivity index (χ2n) is 6.89. The fourth-order valence-corrected chi connectivity index (χ4v) is 3.39. The molecule has 132 valence electrons. The number of thiazole rings is 1. The van der Waals surface area contributed by atoms with Crippen LogP contribution in [0, 0.1) is 6.92 Å². The highest BCUT2D eigenvalue weighted by atomic mass is 32.1. The minimum Gasteiger partial charge on any atom is -0.402 e. The third-order valence-electron chi connectivity index (χ3n) is 3.83. The van der Waals surface area contributed by atoms with Crippen molar-refractivity contribution in [3.05, 3.63) is 35.5 Å². The summed E-state index contributed by atoms with van der Waals surface area (Å²) in [7, 11) is 0. The van der Waals surface area contributed by atoms with Crippen LogP contribution in [0.2, 0.25) is 0 Å². The lowest BCUT2D eigenvalue weighted by Gasteiger charge is -2.18. The normalized spacial score (nSPS) is 11.7. The Hall–Kier alpha value is -2.25. The first-order chi connectivity index (χ1) is 11.9. The van der Waals surface area contributed by atoms with Crippen LogP contribution < -0.4 is 11.1 Å². The predicted molar refractivity (Wildman–Crippen MR) is 102 cm³/mol. The number of aryl methyl sites for hydroxylation is 1. The molecule has 0 aliphatic carbocycles. The van der Waals surface area contributed by atoms with Crippen LogP contribution in [0.4, 0.5) is 6.01 Å². The second-order valence-corrected chi connectivity index (χ2v) is 7.89. The van der Waals surface area contributed by atoms with Crippen LogP contribution in [0.15, 0.2) is 28.7 Å². The van der Waals surface area contributed by atoms with Gasteiger partial charge in [0.1, 0.15) is 9.88 Å². The topological polar surface area (TPSA) is 89.9 Å². The van der Waals surface area contributed by atoms with E-state index in [1.54, 1.807) is 11.3 Å². The molecular weight excluding hydrogens is 334 g/mol. The first kappa shape index (κ1) is 17.6. The van der Waals surface area contributed by atoms with Gasteiger partial charge in [-0.25, -0.2) is 4.98 Å². The molecule has 0 bridgehead atoms. The van der Waals surface area contributed by atoms with E-state index in [2.05, 4.69) is 65.5 Å². The van der Waals surface area contributed by atoms with Crippen molar-refractivity contribution in [1.82, 2.24) is 15.2 Å². The average molecular weight is 357 g/mol. The van der Waals surface area contributed by atoms with Crippen LogP contribution in [0.25, 0.3) is 21.3 Å². The van der Waals surface area contributed by atoms with E-state index in [4.69, 9.17) is 10.2 Å². The van der Waals surface area contributed by atoms with E-state index >= 15 is 0 Å². The molecule has 2 heterocycles. The maximum Gasteiger partial charge on any atom is 0.315 e. The summed E-state index contributed by atoms with van der Waals surface area (Å²) in [4.78, 5) is 5.56. The van der Waals surface area contributed by atoms with Crippen LogP contribution in [-0.4, -0.2) is 28.3 Å². The van der Waals surface area contributed by atoms with Gasteiger partial charge in [0.25, 0.3) is 5.89 Å². The summed E-state index contributed by atoms with van der Waals surface area (Å²) < 4.78 is 5.65. The number of nitrogens with one attached hydrogen (secondary N) is 1. The van der Waals surface area contributed by atoms with Gasteiger partial charge >= 0.3 is 6.01 Å². The maximum absolute atomic E-state index is 5.65. The van der Waals surface area contributed by atoms with Crippen LogP contribution in [0.3, 0.4) is 0 Å². The van der Waals surface area contributed by atoms with Crippen molar-refractivity contribution in [3.63, 3.8) is 0 Å². The highest BCUT2D eigenvalue weighted by molar-refractivity contribution is 7.18. The van der Waals surface area contributed by atoms with Crippen molar-refractivity contribution in [2.45, 2.75) is 33.1 Å². The number of rotatable bonds is 5. The Labute approximate surface area is 151 Å². The van der Waals surface area contributed by atoms with E-state index in [1.165, 1.54) is 5.56 Å². The molecule has 3 N–H and O–H groups in total. The van der Waals surface area contributed by atoms with E-state index in [9.17, 15) is 0 Å². The minimum atomic E-state index is 0.138. The Balaban J connectivity index is 1.86. The largest absolute Gasteiger partial charge is 0.402 e. The van der Waals surface area contributed by atoms with Crippen LogP contribution >= 0.6 is 11.3 Å². The number of hydrogen-bond acceptors (Lipinski definition) is 7. The highest BCUT2D eigenvalue weighted by Gasteiger charge is 2.18. The molecule has 0 aliphatic rings. The van der Waals surface area contributed by atoms with Crippen molar-refractivity contribution < 1.29 is 4.42 Å². The number of aromatic nitrogens is 3. The Kier molecular flexibility index (Phi) is 4.87. The number of anilines is 1. The van der Waals surface area contributed by atoms with Crippen LogP contribution in [0.1, 0.15) is 32.0 Å². The highest BCUT2D eigenvalue weighted by Crippen LogP contribution is 2.35. The van der Waals surface area contributed by atoms with Crippen LogP contribution in [0.5, 0.6) is 0 Å².